The summed E-state index contributed by atoms with van der Waals surface area (Å²) in [7, 11) is 1.69. The van der Waals surface area contributed by atoms with Crippen LogP contribution in [-0.4, -0.2) is 16.8 Å². The van der Waals surface area contributed by atoms with Crippen molar-refractivity contribution in [1.29, 1.82) is 0 Å². The molecule has 92 valence electrons. The van der Waals surface area contributed by atoms with Crippen molar-refractivity contribution in [3.63, 3.8) is 0 Å². The normalized spacial score (nSPS) is 11.0. The molecule has 3 rings (SSSR count). The summed E-state index contributed by atoms with van der Waals surface area (Å²) in [4.78, 5) is 0. The Kier molecular flexibility index (Phi) is 2.55. The van der Waals surface area contributed by atoms with Gasteiger partial charge in [0.15, 0.2) is 5.76 Å². The van der Waals surface area contributed by atoms with Gasteiger partial charge < -0.3 is 13.8 Å². The average molecular weight is 242 g/mol. The summed E-state index contributed by atoms with van der Waals surface area (Å²) >= 11 is 0. The molecule has 0 fully saturated rings. The van der Waals surface area contributed by atoms with Gasteiger partial charge in [0.25, 0.3) is 0 Å². The molecule has 1 aromatic carbocycles. The van der Waals surface area contributed by atoms with E-state index in [1.54, 1.807) is 7.11 Å². The highest BCUT2D eigenvalue weighted by molar-refractivity contribution is 5.86. The number of aromatic nitrogens is 2. The summed E-state index contributed by atoms with van der Waals surface area (Å²) in [5.41, 5.74) is 2.03. The second-order valence-electron chi connectivity index (χ2n) is 4.27. The first-order valence-corrected chi connectivity index (χ1v) is 5.82. The number of benzene rings is 1. The topological polar surface area (TPSA) is 40.2 Å². The van der Waals surface area contributed by atoms with Crippen LogP contribution in [0.3, 0.4) is 0 Å². The van der Waals surface area contributed by atoms with Crippen molar-refractivity contribution in [2.24, 2.45) is 0 Å². The molecule has 0 atom stereocenters. The minimum absolute atomic E-state index is 0.678. The zero-order chi connectivity index (χ0) is 12.5. The Balaban J connectivity index is 2.02. The second-order valence-corrected chi connectivity index (χ2v) is 4.27. The molecule has 3 aromatic rings. The lowest BCUT2D eigenvalue weighted by molar-refractivity contribution is 0.374. The molecule has 0 aliphatic heterocycles. The van der Waals surface area contributed by atoms with Gasteiger partial charge >= 0.3 is 0 Å². The van der Waals surface area contributed by atoms with Crippen molar-refractivity contribution in [2.75, 3.05) is 7.11 Å². The number of rotatable bonds is 3. The maximum Gasteiger partial charge on any atom is 0.156 e. The molecule has 2 heterocycles. The standard InChI is InChI=1S/C14H14N2O2/c1-10-8-11(18-15-10)9-16-7-6-12-13(16)4-3-5-14(12)17-2/h3-8H,9H2,1-2H3. The second kappa shape index (κ2) is 4.22. The quantitative estimate of drug-likeness (QED) is 0.708. The first-order chi connectivity index (χ1) is 8.78. The smallest absolute Gasteiger partial charge is 0.156 e. The molecular weight excluding hydrogens is 228 g/mol. The minimum Gasteiger partial charge on any atom is -0.496 e. The van der Waals surface area contributed by atoms with E-state index < -0.39 is 0 Å². The Bertz CT molecular complexity index is 682. The lowest BCUT2D eigenvalue weighted by atomic mass is 10.2. The molecule has 0 saturated carbocycles. The number of methoxy groups -OCH3 is 1. The molecule has 2 aromatic heterocycles. The molecule has 4 nitrogen and oxygen atoms in total. The molecule has 0 amide bonds. The van der Waals surface area contributed by atoms with Gasteiger partial charge in [-0.3, -0.25) is 0 Å². The van der Waals surface area contributed by atoms with E-state index in [1.165, 1.54) is 0 Å². The fraction of sp³-hybridized carbons (Fsp3) is 0.214. The van der Waals surface area contributed by atoms with Crippen molar-refractivity contribution in [3.8, 4) is 5.75 Å². The van der Waals surface area contributed by atoms with Gasteiger partial charge in [0.05, 0.1) is 24.9 Å². The van der Waals surface area contributed by atoms with Crippen LogP contribution in [0.4, 0.5) is 0 Å². The molecule has 0 aliphatic rings. The summed E-state index contributed by atoms with van der Waals surface area (Å²) in [6.45, 7) is 2.60. The van der Waals surface area contributed by atoms with Crippen LogP contribution in [0.15, 0.2) is 41.1 Å². The zero-order valence-corrected chi connectivity index (χ0v) is 10.4. The van der Waals surface area contributed by atoms with Crippen molar-refractivity contribution in [3.05, 3.63) is 48.0 Å². The van der Waals surface area contributed by atoms with Crippen molar-refractivity contribution in [1.82, 2.24) is 9.72 Å². The Morgan fingerprint density at radius 3 is 2.94 bits per heavy atom. The van der Waals surface area contributed by atoms with Crippen LogP contribution in [0.1, 0.15) is 11.5 Å². The van der Waals surface area contributed by atoms with Crippen molar-refractivity contribution < 1.29 is 9.26 Å². The van der Waals surface area contributed by atoms with Crippen molar-refractivity contribution in [2.45, 2.75) is 13.5 Å². The van der Waals surface area contributed by atoms with Crippen LogP contribution in [0.5, 0.6) is 5.75 Å². The summed E-state index contributed by atoms with van der Waals surface area (Å²) in [6, 6.07) is 10.0. The van der Waals surface area contributed by atoms with Crippen molar-refractivity contribution >= 4 is 10.9 Å². The molecule has 18 heavy (non-hydrogen) atoms. The largest absolute Gasteiger partial charge is 0.496 e. The van der Waals surface area contributed by atoms with Crippen LogP contribution in [-0.2, 0) is 6.54 Å². The monoisotopic (exact) mass is 242 g/mol. The lowest BCUT2D eigenvalue weighted by Gasteiger charge is -2.04. The first-order valence-electron chi connectivity index (χ1n) is 5.82. The van der Waals surface area contributed by atoms with Gasteiger partial charge in [0.2, 0.25) is 0 Å². The van der Waals surface area contributed by atoms with Crippen LogP contribution in [0, 0.1) is 6.92 Å². The fourth-order valence-electron chi connectivity index (χ4n) is 2.17. The molecule has 0 aliphatic carbocycles. The highest BCUT2D eigenvalue weighted by atomic mass is 16.5. The molecule has 0 N–H and O–H groups in total. The predicted molar refractivity (Wildman–Crippen MR) is 68.8 cm³/mol. The first kappa shape index (κ1) is 10.9. The molecule has 0 unspecified atom stereocenters. The zero-order valence-electron chi connectivity index (χ0n) is 10.4. The Morgan fingerprint density at radius 1 is 1.33 bits per heavy atom. The van der Waals surface area contributed by atoms with Gasteiger partial charge in [-0.1, -0.05) is 11.2 Å². The number of fused-ring (bicyclic) bond motifs is 1. The van der Waals surface area contributed by atoms with E-state index in [1.807, 2.05) is 31.3 Å². The van der Waals surface area contributed by atoms with Gasteiger partial charge in [0, 0.05) is 17.6 Å². The van der Waals surface area contributed by atoms with Gasteiger partial charge in [0.1, 0.15) is 5.75 Å². The van der Waals surface area contributed by atoms with E-state index >= 15 is 0 Å². The summed E-state index contributed by atoms with van der Waals surface area (Å²) in [5.74, 6) is 1.74. The fourth-order valence-corrected chi connectivity index (χ4v) is 2.17. The van der Waals surface area contributed by atoms with E-state index in [2.05, 4.69) is 21.9 Å². The maximum absolute atomic E-state index is 5.35. The van der Waals surface area contributed by atoms with Crippen LogP contribution in [0.25, 0.3) is 10.9 Å². The van der Waals surface area contributed by atoms with Gasteiger partial charge in [-0.2, -0.15) is 0 Å². The molecule has 0 radical (unpaired) electrons. The van der Waals surface area contributed by atoms with Crippen LogP contribution >= 0.6 is 0 Å². The minimum atomic E-state index is 0.678. The summed E-state index contributed by atoms with van der Waals surface area (Å²) < 4.78 is 12.7. The predicted octanol–water partition coefficient (Wildman–Crippen LogP) is 2.99. The van der Waals surface area contributed by atoms with Gasteiger partial charge in [-0.25, -0.2) is 0 Å². The maximum atomic E-state index is 5.35. The van der Waals surface area contributed by atoms with E-state index in [4.69, 9.17) is 9.26 Å². The number of hydrogen-bond acceptors (Lipinski definition) is 3. The highest BCUT2D eigenvalue weighted by Crippen LogP contribution is 2.26. The molecule has 0 saturated heterocycles. The molecular formula is C14H14N2O2. The van der Waals surface area contributed by atoms with Crippen LogP contribution < -0.4 is 4.74 Å². The van der Waals surface area contributed by atoms with E-state index in [-0.39, 0.29) is 0 Å². The Morgan fingerprint density at radius 2 is 2.22 bits per heavy atom. The number of ether oxygens (including phenoxy) is 1. The SMILES string of the molecule is COc1cccc2c1ccn2Cc1cc(C)no1. The van der Waals surface area contributed by atoms with E-state index in [0.29, 0.717) is 6.54 Å². The molecule has 0 bridgehead atoms. The molecule has 4 heteroatoms. The number of nitrogens with zero attached hydrogens (tertiary/aromatic N) is 2. The number of hydrogen-bond donors (Lipinski definition) is 0. The lowest BCUT2D eigenvalue weighted by Crippen LogP contribution is -1.96. The van der Waals surface area contributed by atoms with E-state index in [0.717, 1.165) is 28.1 Å². The average Bonchev–Trinajstić information content (AvgIpc) is 2.97. The Labute approximate surface area is 105 Å². The molecule has 0 spiro atoms. The van der Waals surface area contributed by atoms with E-state index in [9.17, 15) is 0 Å². The van der Waals surface area contributed by atoms with Gasteiger partial charge in [-0.15, -0.1) is 0 Å². The van der Waals surface area contributed by atoms with Gasteiger partial charge in [-0.05, 0) is 25.1 Å². The Hall–Kier alpha value is -2.23. The third kappa shape index (κ3) is 1.76. The summed E-state index contributed by atoms with van der Waals surface area (Å²) in [5, 5.41) is 5.01. The third-order valence-electron chi connectivity index (χ3n) is 3.00. The third-order valence-corrected chi connectivity index (χ3v) is 3.00. The van der Waals surface area contributed by atoms with Crippen LogP contribution in [0.2, 0.25) is 0 Å². The highest BCUT2D eigenvalue weighted by Gasteiger charge is 2.08. The number of aryl methyl sites for hydroxylation is 1. The summed E-state index contributed by atoms with van der Waals surface area (Å²) in [6.07, 6.45) is 2.03.